The van der Waals surface area contributed by atoms with E-state index in [1.807, 2.05) is 0 Å². The van der Waals surface area contributed by atoms with Crippen molar-refractivity contribution in [1.82, 2.24) is 10.6 Å². The van der Waals surface area contributed by atoms with Gasteiger partial charge in [-0.3, -0.25) is 9.59 Å². The molecule has 1 aliphatic rings. The third-order valence-corrected chi connectivity index (χ3v) is 3.84. The molecule has 32 heavy (non-hydrogen) atoms. The fourth-order valence-corrected chi connectivity index (χ4v) is 2.28. The number of rotatable bonds is 0. The first kappa shape index (κ1) is 28.7. The van der Waals surface area contributed by atoms with E-state index in [0.717, 1.165) is 0 Å². The third kappa shape index (κ3) is 20.5. The zero-order chi connectivity index (χ0) is 23.0. The van der Waals surface area contributed by atoms with Crippen LogP contribution >= 0.6 is 0 Å². The van der Waals surface area contributed by atoms with Crippen molar-refractivity contribution in [2.75, 3.05) is 119 Å². The van der Waals surface area contributed by atoms with Crippen LogP contribution in [0.25, 0.3) is 0 Å². The number of amides is 2. The van der Waals surface area contributed by atoms with Crippen LogP contribution in [0.15, 0.2) is 0 Å². The summed E-state index contributed by atoms with van der Waals surface area (Å²) in [6.45, 7) is 6.43. The lowest BCUT2D eigenvalue weighted by Gasteiger charge is -2.10. The summed E-state index contributed by atoms with van der Waals surface area (Å²) in [6.07, 6.45) is 0. The molecular weight excluding hydrogens is 428 g/mol. The van der Waals surface area contributed by atoms with Crippen LogP contribution in [0.1, 0.15) is 0 Å². The highest BCUT2D eigenvalue weighted by molar-refractivity contribution is 5.77. The minimum atomic E-state index is -0.206. The topological polar surface area (TPSA) is 132 Å². The van der Waals surface area contributed by atoms with E-state index < -0.39 is 0 Å². The monoisotopic (exact) mass is 466 g/mol. The van der Waals surface area contributed by atoms with Crippen LogP contribution in [0.2, 0.25) is 0 Å². The van der Waals surface area contributed by atoms with Crippen LogP contribution in [0.5, 0.6) is 0 Å². The van der Waals surface area contributed by atoms with E-state index in [1.165, 1.54) is 0 Å². The number of hydrogen-bond acceptors (Lipinski definition) is 10. The number of nitrogens with one attached hydrogen (secondary N) is 2. The molecule has 0 aliphatic carbocycles. The predicted octanol–water partition coefficient (Wildman–Crippen LogP) is -1.63. The molecule has 1 fully saturated rings. The van der Waals surface area contributed by atoms with Crippen molar-refractivity contribution < 1.29 is 47.5 Å². The van der Waals surface area contributed by atoms with Crippen LogP contribution in [-0.4, -0.2) is 131 Å². The van der Waals surface area contributed by atoms with E-state index in [1.54, 1.807) is 0 Å². The van der Waals surface area contributed by atoms with Crippen molar-refractivity contribution in [3.05, 3.63) is 0 Å². The van der Waals surface area contributed by atoms with E-state index in [0.29, 0.717) is 106 Å². The molecule has 0 unspecified atom stereocenters. The van der Waals surface area contributed by atoms with Gasteiger partial charge in [-0.1, -0.05) is 0 Å². The maximum atomic E-state index is 11.6. The molecular formula is C20H38N2O10. The molecule has 1 rings (SSSR count). The smallest absolute Gasteiger partial charge is 0.246 e. The van der Waals surface area contributed by atoms with E-state index in [9.17, 15) is 9.59 Å². The Morgan fingerprint density at radius 2 is 0.625 bits per heavy atom. The van der Waals surface area contributed by atoms with Gasteiger partial charge in [0.05, 0.1) is 92.5 Å². The summed E-state index contributed by atoms with van der Waals surface area (Å²) < 4.78 is 42.7. The summed E-state index contributed by atoms with van der Waals surface area (Å²) in [5, 5.41) is 5.41. The number of carbonyl (C=O) groups excluding carboxylic acids is 2. The zero-order valence-corrected chi connectivity index (χ0v) is 18.8. The lowest BCUT2D eigenvalue weighted by atomic mass is 10.5. The molecule has 12 heteroatoms. The van der Waals surface area contributed by atoms with Crippen LogP contribution in [0.4, 0.5) is 0 Å². The van der Waals surface area contributed by atoms with Gasteiger partial charge in [-0.2, -0.15) is 0 Å². The Kier molecular flexibility index (Phi) is 20.4. The molecule has 1 saturated heterocycles. The van der Waals surface area contributed by atoms with Crippen molar-refractivity contribution in [2.24, 2.45) is 0 Å². The predicted molar refractivity (Wildman–Crippen MR) is 113 cm³/mol. The zero-order valence-electron chi connectivity index (χ0n) is 18.8. The number of ether oxygens (including phenoxy) is 8. The molecule has 0 aromatic heterocycles. The summed E-state index contributed by atoms with van der Waals surface area (Å²) in [5.41, 5.74) is 0. The van der Waals surface area contributed by atoms with Gasteiger partial charge in [-0.15, -0.1) is 0 Å². The molecule has 0 bridgehead atoms. The second kappa shape index (κ2) is 22.8. The Bertz CT molecular complexity index is 416. The fraction of sp³-hybridized carbons (Fsp3) is 0.900. The molecule has 2 amide bonds. The summed E-state index contributed by atoms with van der Waals surface area (Å²) in [4.78, 5) is 23.2. The molecule has 1 heterocycles. The Labute approximate surface area is 189 Å². The molecule has 0 saturated carbocycles. The number of carbonyl (C=O) groups is 2. The molecule has 0 aromatic rings. The van der Waals surface area contributed by atoms with Gasteiger partial charge in [0.15, 0.2) is 0 Å². The summed E-state index contributed by atoms with van der Waals surface area (Å²) in [6, 6.07) is 0. The summed E-state index contributed by atoms with van der Waals surface area (Å²) >= 11 is 0. The summed E-state index contributed by atoms with van der Waals surface area (Å²) in [7, 11) is 0. The normalized spacial score (nSPS) is 22.9. The molecule has 0 radical (unpaired) electrons. The van der Waals surface area contributed by atoms with Gasteiger partial charge in [0.1, 0.15) is 13.2 Å². The maximum absolute atomic E-state index is 11.6. The van der Waals surface area contributed by atoms with Crippen molar-refractivity contribution in [1.29, 1.82) is 0 Å². The largest absolute Gasteiger partial charge is 0.377 e. The lowest BCUT2D eigenvalue weighted by molar-refractivity contribution is -0.127. The quantitative estimate of drug-likeness (QED) is 0.429. The van der Waals surface area contributed by atoms with Gasteiger partial charge in [-0.25, -0.2) is 0 Å². The highest BCUT2D eigenvalue weighted by Crippen LogP contribution is 1.85. The van der Waals surface area contributed by atoms with Gasteiger partial charge in [0.2, 0.25) is 11.8 Å². The Morgan fingerprint density at radius 3 is 0.938 bits per heavy atom. The Balaban J connectivity index is 2.12. The minimum Gasteiger partial charge on any atom is -0.377 e. The minimum absolute atomic E-state index is 0.0288. The second-order valence-corrected chi connectivity index (χ2v) is 6.48. The molecule has 12 nitrogen and oxygen atoms in total. The van der Waals surface area contributed by atoms with E-state index in [2.05, 4.69) is 10.6 Å². The Hall–Kier alpha value is -1.38. The highest BCUT2D eigenvalue weighted by Gasteiger charge is 2.02. The van der Waals surface area contributed by atoms with Crippen LogP contribution in [0.3, 0.4) is 0 Å². The van der Waals surface area contributed by atoms with Gasteiger partial charge >= 0.3 is 0 Å². The van der Waals surface area contributed by atoms with Crippen molar-refractivity contribution >= 4 is 11.8 Å². The van der Waals surface area contributed by atoms with E-state index in [-0.39, 0.29) is 25.0 Å². The first-order valence-corrected chi connectivity index (χ1v) is 10.9. The van der Waals surface area contributed by atoms with Crippen molar-refractivity contribution in [3.63, 3.8) is 0 Å². The second-order valence-electron chi connectivity index (χ2n) is 6.48. The SMILES string of the molecule is O=C1COCCOCCOCCOCC(=O)NCCOCCOCCOCCOCCN1. The highest BCUT2D eigenvalue weighted by atomic mass is 16.6. The molecule has 1 aliphatic heterocycles. The van der Waals surface area contributed by atoms with Crippen molar-refractivity contribution in [2.45, 2.75) is 0 Å². The average Bonchev–Trinajstić information content (AvgIpc) is 2.78. The lowest BCUT2D eigenvalue weighted by Crippen LogP contribution is -2.31. The van der Waals surface area contributed by atoms with Gasteiger partial charge in [-0.05, 0) is 0 Å². The van der Waals surface area contributed by atoms with E-state index >= 15 is 0 Å². The van der Waals surface area contributed by atoms with Crippen LogP contribution in [-0.2, 0) is 47.5 Å². The molecule has 2 N–H and O–H groups in total. The first-order valence-electron chi connectivity index (χ1n) is 10.9. The number of hydrogen-bond donors (Lipinski definition) is 2. The van der Waals surface area contributed by atoms with Crippen molar-refractivity contribution in [3.8, 4) is 0 Å². The molecule has 188 valence electrons. The fourth-order valence-electron chi connectivity index (χ4n) is 2.28. The van der Waals surface area contributed by atoms with E-state index in [4.69, 9.17) is 37.9 Å². The van der Waals surface area contributed by atoms with Gasteiger partial charge < -0.3 is 48.5 Å². The average molecular weight is 467 g/mol. The third-order valence-electron chi connectivity index (χ3n) is 3.84. The van der Waals surface area contributed by atoms with Gasteiger partial charge in [0, 0.05) is 13.1 Å². The van der Waals surface area contributed by atoms with Crippen LogP contribution < -0.4 is 10.6 Å². The molecule has 0 spiro atoms. The Morgan fingerprint density at radius 1 is 0.375 bits per heavy atom. The molecule has 0 aromatic carbocycles. The molecule has 0 atom stereocenters. The van der Waals surface area contributed by atoms with Crippen LogP contribution in [0, 0.1) is 0 Å². The standard InChI is InChI=1S/C20H38N2O10/c23-19-17-31-15-13-29-11-12-30-14-16-32-18-20(24)22-2-4-26-6-8-28-10-9-27-7-5-25-3-1-21-19/h1-18H2,(H,21,23)(H,22,24). The maximum Gasteiger partial charge on any atom is 0.246 e. The van der Waals surface area contributed by atoms with Gasteiger partial charge in [0.25, 0.3) is 0 Å². The first-order chi connectivity index (χ1) is 15.8. The summed E-state index contributed by atoms with van der Waals surface area (Å²) in [5.74, 6) is -0.412.